The predicted octanol–water partition coefficient (Wildman–Crippen LogP) is 6.49. The van der Waals surface area contributed by atoms with E-state index in [2.05, 4.69) is 28.7 Å². The Morgan fingerprint density at radius 1 is 0.938 bits per heavy atom. The van der Waals surface area contributed by atoms with Crippen molar-refractivity contribution in [2.45, 2.75) is 27.2 Å². The number of ether oxygens (including phenoxy) is 1. The summed E-state index contributed by atoms with van der Waals surface area (Å²) < 4.78 is 8.04. The van der Waals surface area contributed by atoms with Crippen LogP contribution in [0.1, 0.15) is 23.7 Å². The topological polar surface area (TPSA) is 68.2 Å². The summed E-state index contributed by atoms with van der Waals surface area (Å²) in [7, 11) is 0. The quantitative estimate of drug-likeness (QED) is 0.370. The SMILES string of the molecule is CCc1ccccc1-n1nc(C)cc1Oc1ccccc1NC(=O)Nc1ccc(C)cc1. The van der Waals surface area contributed by atoms with Crippen LogP contribution in [-0.4, -0.2) is 15.8 Å². The summed E-state index contributed by atoms with van der Waals surface area (Å²) in [5, 5.41) is 10.4. The van der Waals surface area contributed by atoms with Crippen molar-refractivity contribution in [2.24, 2.45) is 0 Å². The summed E-state index contributed by atoms with van der Waals surface area (Å²) >= 11 is 0. The third-order valence-electron chi connectivity index (χ3n) is 5.06. The minimum absolute atomic E-state index is 0.342. The van der Waals surface area contributed by atoms with Crippen molar-refractivity contribution in [2.75, 3.05) is 10.6 Å². The Labute approximate surface area is 187 Å². The highest BCUT2D eigenvalue weighted by Gasteiger charge is 2.15. The molecule has 1 aromatic heterocycles. The molecular weight excluding hydrogens is 400 g/mol. The van der Waals surface area contributed by atoms with Gasteiger partial charge in [-0.2, -0.15) is 5.10 Å². The highest BCUT2D eigenvalue weighted by Crippen LogP contribution is 2.32. The molecule has 0 radical (unpaired) electrons. The fraction of sp³-hybridized carbons (Fsp3) is 0.154. The Morgan fingerprint density at radius 2 is 1.66 bits per heavy atom. The number of hydrogen-bond donors (Lipinski definition) is 2. The van der Waals surface area contributed by atoms with E-state index >= 15 is 0 Å². The number of amides is 2. The zero-order chi connectivity index (χ0) is 22.5. The second-order valence-corrected chi connectivity index (χ2v) is 7.56. The van der Waals surface area contributed by atoms with Gasteiger partial charge in [0.2, 0.25) is 5.88 Å². The fourth-order valence-electron chi connectivity index (χ4n) is 3.43. The molecule has 0 fully saturated rings. The van der Waals surface area contributed by atoms with Gasteiger partial charge in [0.25, 0.3) is 0 Å². The summed E-state index contributed by atoms with van der Waals surface area (Å²) in [6, 6.07) is 24.6. The van der Waals surface area contributed by atoms with Crippen molar-refractivity contribution in [1.82, 2.24) is 9.78 Å². The number of nitrogens with zero attached hydrogens (tertiary/aromatic N) is 2. The van der Waals surface area contributed by atoms with Gasteiger partial charge in [-0.25, -0.2) is 9.48 Å². The first-order valence-electron chi connectivity index (χ1n) is 10.6. The second-order valence-electron chi connectivity index (χ2n) is 7.56. The molecule has 6 nitrogen and oxygen atoms in total. The van der Waals surface area contributed by atoms with Crippen LogP contribution in [-0.2, 0) is 6.42 Å². The molecule has 4 aromatic rings. The molecule has 0 atom stereocenters. The number of anilines is 2. The number of aryl methyl sites for hydroxylation is 3. The van der Waals surface area contributed by atoms with E-state index in [0.717, 1.165) is 29.1 Å². The normalized spacial score (nSPS) is 10.6. The number of benzene rings is 3. The molecule has 4 rings (SSSR count). The van der Waals surface area contributed by atoms with Gasteiger partial charge in [-0.3, -0.25) is 0 Å². The van der Waals surface area contributed by atoms with Crippen LogP contribution in [0.15, 0.2) is 78.9 Å². The molecule has 0 unspecified atom stereocenters. The molecule has 32 heavy (non-hydrogen) atoms. The molecule has 0 bridgehead atoms. The number of carbonyl (C=O) groups excluding carboxylic acids is 1. The van der Waals surface area contributed by atoms with Crippen molar-refractivity contribution < 1.29 is 9.53 Å². The van der Waals surface area contributed by atoms with E-state index in [-0.39, 0.29) is 6.03 Å². The van der Waals surface area contributed by atoms with E-state index in [4.69, 9.17) is 4.74 Å². The van der Waals surface area contributed by atoms with Gasteiger partial charge < -0.3 is 15.4 Å². The van der Waals surface area contributed by atoms with E-state index < -0.39 is 0 Å². The molecule has 2 amide bonds. The van der Waals surface area contributed by atoms with Crippen LogP contribution in [0.5, 0.6) is 11.6 Å². The van der Waals surface area contributed by atoms with Gasteiger partial charge in [-0.15, -0.1) is 0 Å². The number of urea groups is 1. The van der Waals surface area contributed by atoms with Crippen molar-refractivity contribution in [3.63, 3.8) is 0 Å². The van der Waals surface area contributed by atoms with Crippen molar-refractivity contribution in [3.05, 3.63) is 95.7 Å². The first-order chi connectivity index (χ1) is 15.5. The van der Waals surface area contributed by atoms with Gasteiger partial charge in [-0.05, 0) is 56.2 Å². The zero-order valence-electron chi connectivity index (χ0n) is 18.4. The van der Waals surface area contributed by atoms with Gasteiger partial charge in [-0.1, -0.05) is 55.0 Å². The number of aromatic nitrogens is 2. The van der Waals surface area contributed by atoms with E-state index in [1.165, 1.54) is 5.56 Å². The lowest BCUT2D eigenvalue weighted by Gasteiger charge is -2.15. The number of rotatable bonds is 6. The number of nitrogens with one attached hydrogen (secondary N) is 2. The Bertz CT molecular complexity index is 1230. The largest absolute Gasteiger partial charge is 0.437 e. The molecule has 0 spiro atoms. The molecule has 6 heteroatoms. The lowest BCUT2D eigenvalue weighted by Crippen LogP contribution is -2.19. The van der Waals surface area contributed by atoms with E-state index in [9.17, 15) is 4.79 Å². The monoisotopic (exact) mass is 426 g/mol. The molecule has 0 saturated heterocycles. The van der Waals surface area contributed by atoms with E-state index in [0.29, 0.717) is 17.3 Å². The van der Waals surface area contributed by atoms with E-state index in [1.54, 1.807) is 10.7 Å². The average molecular weight is 427 g/mol. The Morgan fingerprint density at radius 3 is 2.44 bits per heavy atom. The smallest absolute Gasteiger partial charge is 0.323 e. The molecule has 3 aromatic carbocycles. The highest BCUT2D eigenvalue weighted by atomic mass is 16.5. The third kappa shape index (κ3) is 4.81. The first kappa shape index (κ1) is 21.2. The fourth-order valence-corrected chi connectivity index (χ4v) is 3.43. The van der Waals surface area contributed by atoms with Gasteiger partial charge in [0.15, 0.2) is 5.75 Å². The van der Waals surface area contributed by atoms with Crippen LogP contribution in [0, 0.1) is 13.8 Å². The number of para-hydroxylation sites is 3. The minimum atomic E-state index is -0.342. The van der Waals surface area contributed by atoms with Crippen molar-refractivity contribution in [3.8, 4) is 17.3 Å². The van der Waals surface area contributed by atoms with Crippen LogP contribution < -0.4 is 15.4 Å². The van der Waals surface area contributed by atoms with Crippen LogP contribution in [0.2, 0.25) is 0 Å². The molecule has 0 saturated carbocycles. The van der Waals surface area contributed by atoms with E-state index in [1.807, 2.05) is 80.6 Å². The predicted molar refractivity (Wildman–Crippen MR) is 128 cm³/mol. The summed E-state index contributed by atoms with van der Waals surface area (Å²) in [5.41, 5.74) is 5.40. The second kappa shape index (κ2) is 9.39. The Balaban J connectivity index is 1.58. The molecule has 2 N–H and O–H groups in total. The summed E-state index contributed by atoms with van der Waals surface area (Å²) in [6.07, 6.45) is 0.881. The van der Waals surface area contributed by atoms with Gasteiger partial charge in [0.05, 0.1) is 17.1 Å². The molecule has 0 aliphatic carbocycles. The minimum Gasteiger partial charge on any atom is -0.437 e. The summed E-state index contributed by atoms with van der Waals surface area (Å²) in [6.45, 7) is 6.04. The van der Waals surface area contributed by atoms with Gasteiger partial charge in [0, 0.05) is 11.8 Å². The van der Waals surface area contributed by atoms with Crippen molar-refractivity contribution >= 4 is 17.4 Å². The molecular formula is C26H26N4O2. The lowest BCUT2D eigenvalue weighted by atomic mass is 10.1. The summed E-state index contributed by atoms with van der Waals surface area (Å²) in [4.78, 5) is 12.6. The van der Waals surface area contributed by atoms with Crippen LogP contribution in [0.25, 0.3) is 5.69 Å². The zero-order valence-corrected chi connectivity index (χ0v) is 18.4. The molecule has 162 valence electrons. The number of hydrogen-bond acceptors (Lipinski definition) is 3. The maximum atomic E-state index is 12.6. The van der Waals surface area contributed by atoms with Gasteiger partial charge in [0.1, 0.15) is 0 Å². The molecule has 1 heterocycles. The van der Waals surface area contributed by atoms with Crippen LogP contribution >= 0.6 is 0 Å². The van der Waals surface area contributed by atoms with Crippen LogP contribution in [0.3, 0.4) is 0 Å². The van der Waals surface area contributed by atoms with Gasteiger partial charge >= 0.3 is 6.03 Å². The molecule has 0 aliphatic rings. The highest BCUT2D eigenvalue weighted by molar-refractivity contribution is 6.00. The first-order valence-corrected chi connectivity index (χ1v) is 10.6. The Hall–Kier alpha value is -4.06. The maximum absolute atomic E-state index is 12.6. The maximum Gasteiger partial charge on any atom is 0.323 e. The molecule has 0 aliphatic heterocycles. The average Bonchev–Trinajstić information content (AvgIpc) is 3.16. The van der Waals surface area contributed by atoms with Crippen molar-refractivity contribution in [1.29, 1.82) is 0 Å². The summed E-state index contributed by atoms with van der Waals surface area (Å²) in [5.74, 6) is 1.11. The lowest BCUT2D eigenvalue weighted by molar-refractivity contribution is 0.262. The number of carbonyl (C=O) groups is 1. The Kier molecular flexibility index (Phi) is 6.22. The standard InChI is InChI=1S/C26H26N4O2/c1-4-20-9-5-7-11-23(20)30-25(17-19(3)29-30)32-24-12-8-6-10-22(24)28-26(31)27-21-15-13-18(2)14-16-21/h5-17H,4H2,1-3H3,(H2,27,28,31). The third-order valence-corrected chi connectivity index (χ3v) is 5.06. The van der Waals surface area contributed by atoms with Crippen LogP contribution in [0.4, 0.5) is 16.2 Å².